The second-order valence-electron chi connectivity index (χ2n) is 3.38. The van der Waals surface area contributed by atoms with Gasteiger partial charge in [0.15, 0.2) is 6.17 Å². The van der Waals surface area contributed by atoms with E-state index in [4.69, 9.17) is 0 Å². The molecule has 1 aromatic rings. The summed E-state index contributed by atoms with van der Waals surface area (Å²) in [7, 11) is 1.20. The summed E-state index contributed by atoms with van der Waals surface area (Å²) in [5.41, 5.74) is -0.472. The van der Waals surface area contributed by atoms with Gasteiger partial charge >= 0.3 is 5.97 Å². The first-order valence-corrected chi connectivity index (χ1v) is 5.34. The van der Waals surface area contributed by atoms with Crippen molar-refractivity contribution in [3.05, 3.63) is 26.8 Å². The number of hydrogen-bond donors (Lipinski definition) is 0. The number of hydrogen-bond acceptors (Lipinski definition) is 4. The quantitative estimate of drug-likeness (QED) is 0.728. The summed E-state index contributed by atoms with van der Waals surface area (Å²) in [5, 5.41) is 0. The molecule has 86 valence electrons. The fraction of sp³-hybridized carbons (Fsp3) is 0.444. The first-order chi connectivity index (χ1) is 7.56. The molecule has 0 N–H and O–H groups in total. The van der Waals surface area contributed by atoms with Crippen molar-refractivity contribution in [3.8, 4) is 0 Å². The molecule has 0 saturated carbocycles. The summed E-state index contributed by atoms with van der Waals surface area (Å²) in [6.45, 7) is 0. The van der Waals surface area contributed by atoms with Crippen LogP contribution in [0.25, 0.3) is 0 Å². The van der Waals surface area contributed by atoms with Gasteiger partial charge in [-0.3, -0.25) is 9.36 Å². The Bertz CT molecular complexity index is 502. The predicted molar refractivity (Wildman–Crippen MR) is 55.7 cm³/mol. The smallest absolute Gasteiger partial charge is 0.329 e. The molecule has 0 aliphatic carbocycles. The summed E-state index contributed by atoms with van der Waals surface area (Å²) in [6.07, 6.45) is -0.281. The number of carbonyl (C=O) groups excluding carboxylic acids is 1. The SMILES string of the molecule is COC(=O)[C@@H]1CC(F)c2ncc(Br)c(=O)n21. The topological polar surface area (TPSA) is 61.2 Å². The lowest BCUT2D eigenvalue weighted by molar-refractivity contribution is -0.144. The summed E-state index contributed by atoms with van der Waals surface area (Å²) in [4.78, 5) is 26.9. The molecule has 0 aromatic carbocycles. The lowest BCUT2D eigenvalue weighted by Crippen LogP contribution is -2.29. The van der Waals surface area contributed by atoms with E-state index in [-0.39, 0.29) is 16.7 Å². The van der Waals surface area contributed by atoms with E-state index in [9.17, 15) is 14.0 Å². The molecule has 1 aliphatic rings. The van der Waals surface area contributed by atoms with E-state index in [2.05, 4.69) is 25.7 Å². The molecular formula is C9H8BrFN2O3. The number of fused-ring (bicyclic) bond motifs is 1. The average molecular weight is 291 g/mol. The highest BCUT2D eigenvalue weighted by molar-refractivity contribution is 9.10. The van der Waals surface area contributed by atoms with Gasteiger partial charge in [-0.2, -0.15) is 0 Å². The molecule has 0 saturated heterocycles. The Labute approximate surface area is 98.4 Å². The molecule has 2 heterocycles. The number of aromatic nitrogens is 2. The van der Waals surface area contributed by atoms with Gasteiger partial charge in [-0.25, -0.2) is 14.2 Å². The van der Waals surface area contributed by atoms with Crippen molar-refractivity contribution in [1.29, 1.82) is 0 Å². The van der Waals surface area contributed by atoms with E-state index in [0.717, 1.165) is 4.57 Å². The molecule has 0 amide bonds. The number of ether oxygens (including phenoxy) is 1. The van der Waals surface area contributed by atoms with Gasteiger partial charge in [-0.1, -0.05) is 0 Å². The molecule has 2 rings (SSSR count). The number of carbonyl (C=O) groups is 1. The summed E-state index contributed by atoms with van der Waals surface area (Å²) in [5.74, 6) is -0.660. The van der Waals surface area contributed by atoms with Gasteiger partial charge in [0.05, 0.1) is 7.11 Å². The van der Waals surface area contributed by atoms with Gasteiger partial charge in [0, 0.05) is 12.6 Å². The Hall–Kier alpha value is -1.24. The minimum atomic E-state index is -1.41. The van der Waals surface area contributed by atoms with Gasteiger partial charge in [0.2, 0.25) is 0 Å². The molecular weight excluding hydrogens is 283 g/mol. The van der Waals surface area contributed by atoms with Gasteiger partial charge < -0.3 is 4.74 Å². The van der Waals surface area contributed by atoms with Gasteiger partial charge in [-0.15, -0.1) is 0 Å². The van der Waals surface area contributed by atoms with E-state index in [1.165, 1.54) is 13.3 Å². The lowest BCUT2D eigenvalue weighted by Gasteiger charge is -2.10. The monoisotopic (exact) mass is 290 g/mol. The zero-order chi connectivity index (χ0) is 11.9. The van der Waals surface area contributed by atoms with Crippen LogP contribution < -0.4 is 5.56 Å². The van der Waals surface area contributed by atoms with Crippen molar-refractivity contribution >= 4 is 21.9 Å². The molecule has 7 heteroatoms. The van der Waals surface area contributed by atoms with Gasteiger partial charge in [0.1, 0.15) is 16.3 Å². The third-order valence-corrected chi connectivity index (χ3v) is 3.02. The van der Waals surface area contributed by atoms with Crippen molar-refractivity contribution in [2.24, 2.45) is 0 Å². The highest BCUT2D eigenvalue weighted by Crippen LogP contribution is 2.34. The molecule has 0 fully saturated rings. The summed E-state index contributed by atoms with van der Waals surface area (Å²) >= 11 is 3.00. The van der Waals surface area contributed by atoms with Gasteiger partial charge in [-0.05, 0) is 15.9 Å². The van der Waals surface area contributed by atoms with Gasteiger partial charge in [0.25, 0.3) is 5.56 Å². The first-order valence-electron chi connectivity index (χ1n) is 4.55. The summed E-state index contributed by atoms with van der Waals surface area (Å²) in [6, 6.07) is -0.924. The molecule has 1 aliphatic heterocycles. The number of esters is 1. The second-order valence-corrected chi connectivity index (χ2v) is 4.24. The minimum absolute atomic E-state index is 0.0244. The number of nitrogens with zero attached hydrogens (tertiary/aromatic N) is 2. The Morgan fingerprint density at radius 2 is 2.44 bits per heavy atom. The zero-order valence-corrected chi connectivity index (χ0v) is 9.90. The van der Waals surface area contributed by atoms with E-state index in [0.29, 0.717) is 0 Å². The van der Waals surface area contributed by atoms with Crippen molar-refractivity contribution in [1.82, 2.24) is 9.55 Å². The summed E-state index contributed by atoms with van der Waals surface area (Å²) < 4.78 is 19.3. The maximum atomic E-state index is 13.5. The molecule has 1 unspecified atom stereocenters. The predicted octanol–water partition coefficient (Wildman–Crippen LogP) is 1.13. The fourth-order valence-electron chi connectivity index (χ4n) is 1.74. The molecule has 2 atom stereocenters. The third kappa shape index (κ3) is 1.55. The largest absolute Gasteiger partial charge is 0.467 e. The normalized spacial score (nSPS) is 22.9. The van der Waals surface area contributed by atoms with Crippen LogP contribution in [-0.4, -0.2) is 22.6 Å². The maximum absolute atomic E-state index is 13.5. The van der Waals surface area contributed by atoms with Crippen LogP contribution in [0, 0.1) is 0 Å². The number of methoxy groups -OCH3 is 1. The maximum Gasteiger partial charge on any atom is 0.329 e. The van der Waals surface area contributed by atoms with Crippen LogP contribution >= 0.6 is 15.9 Å². The van der Waals surface area contributed by atoms with Crippen LogP contribution in [0.4, 0.5) is 4.39 Å². The van der Waals surface area contributed by atoms with Crippen LogP contribution in [0.15, 0.2) is 15.5 Å². The lowest BCUT2D eigenvalue weighted by atomic mass is 10.2. The molecule has 0 bridgehead atoms. The Morgan fingerprint density at radius 1 is 1.75 bits per heavy atom. The van der Waals surface area contributed by atoms with E-state index < -0.39 is 23.7 Å². The van der Waals surface area contributed by atoms with Crippen LogP contribution in [0.1, 0.15) is 24.5 Å². The minimum Gasteiger partial charge on any atom is -0.467 e. The number of alkyl halides is 1. The van der Waals surface area contributed by atoms with E-state index in [1.54, 1.807) is 0 Å². The van der Waals surface area contributed by atoms with Crippen LogP contribution in [-0.2, 0) is 9.53 Å². The fourth-order valence-corrected chi connectivity index (χ4v) is 2.03. The Morgan fingerprint density at radius 3 is 3.06 bits per heavy atom. The van der Waals surface area contributed by atoms with Crippen LogP contribution in [0.3, 0.4) is 0 Å². The van der Waals surface area contributed by atoms with Crippen molar-refractivity contribution in [3.63, 3.8) is 0 Å². The standard InChI is InChI=1S/C9H8BrFN2O3/c1-16-9(15)6-2-5(11)7-12-3-4(10)8(14)13(6)7/h3,5-6H,2H2,1H3/t5?,6-/m0/s1. The van der Waals surface area contributed by atoms with Crippen LogP contribution in [0.5, 0.6) is 0 Å². The molecule has 1 aromatic heterocycles. The Kier molecular flexibility index (Phi) is 2.79. The van der Waals surface area contributed by atoms with Crippen molar-refractivity contribution < 1.29 is 13.9 Å². The average Bonchev–Trinajstić information content (AvgIpc) is 2.61. The van der Waals surface area contributed by atoms with Crippen LogP contribution in [0.2, 0.25) is 0 Å². The van der Waals surface area contributed by atoms with E-state index >= 15 is 0 Å². The van der Waals surface area contributed by atoms with E-state index in [1.807, 2.05) is 0 Å². The van der Waals surface area contributed by atoms with Crippen molar-refractivity contribution in [2.75, 3.05) is 7.11 Å². The van der Waals surface area contributed by atoms with Crippen molar-refractivity contribution in [2.45, 2.75) is 18.6 Å². The second kappa shape index (κ2) is 3.97. The molecule has 0 spiro atoms. The molecule has 0 radical (unpaired) electrons. The zero-order valence-electron chi connectivity index (χ0n) is 8.31. The third-order valence-electron chi connectivity index (χ3n) is 2.48. The highest BCUT2D eigenvalue weighted by atomic mass is 79.9. The molecule has 5 nitrogen and oxygen atoms in total. The molecule has 16 heavy (non-hydrogen) atoms. The first kappa shape index (κ1) is 11.3. The number of halogens is 2. The highest BCUT2D eigenvalue weighted by Gasteiger charge is 2.38. The Balaban J connectivity index is 2.59. The number of rotatable bonds is 1.